The number of fused-ring (bicyclic) bond motifs is 1. The van der Waals surface area contributed by atoms with Gasteiger partial charge >= 0.3 is 0 Å². The molecule has 0 radical (unpaired) electrons. The summed E-state index contributed by atoms with van der Waals surface area (Å²) in [7, 11) is 2.09. The zero-order chi connectivity index (χ0) is 13.2. The maximum Gasteiger partial charge on any atom is 0.282 e. The van der Waals surface area contributed by atoms with Gasteiger partial charge < -0.3 is 9.88 Å². The van der Waals surface area contributed by atoms with E-state index in [0.717, 1.165) is 37.1 Å². The summed E-state index contributed by atoms with van der Waals surface area (Å²) in [5.74, 6) is -0.0687. The lowest BCUT2D eigenvalue weighted by Crippen LogP contribution is -2.52. The zero-order valence-electron chi connectivity index (χ0n) is 11.0. The predicted octanol–water partition coefficient (Wildman–Crippen LogP) is 1.06. The maximum absolute atomic E-state index is 12.2. The minimum atomic E-state index is -0.0687. The summed E-state index contributed by atoms with van der Waals surface area (Å²) in [5.41, 5.74) is 4.56. The van der Waals surface area contributed by atoms with Crippen LogP contribution in [0.5, 0.6) is 0 Å². The van der Waals surface area contributed by atoms with Crippen LogP contribution in [0.2, 0.25) is 0 Å². The van der Waals surface area contributed by atoms with E-state index in [1.807, 2.05) is 35.3 Å². The highest BCUT2D eigenvalue weighted by atomic mass is 16.2. The third kappa shape index (κ3) is 2.62. The molecule has 1 aromatic carbocycles. The Kier molecular flexibility index (Phi) is 3.23. The number of piperazine rings is 1. The normalized spacial score (nSPS) is 17.7. The van der Waals surface area contributed by atoms with Crippen molar-refractivity contribution in [3.8, 4) is 0 Å². The van der Waals surface area contributed by atoms with Crippen LogP contribution in [0.3, 0.4) is 0 Å². The Morgan fingerprint density at radius 3 is 2.68 bits per heavy atom. The fourth-order valence-electron chi connectivity index (χ4n) is 2.32. The lowest BCUT2D eigenvalue weighted by molar-refractivity contribution is 0.0658. The lowest BCUT2D eigenvalue weighted by atomic mass is 10.2. The number of likely N-dealkylation sites (N-methyl/N-ethyl adjacent to an activating group) is 1. The number of para-hydroxylation sites is 1. The molecule has 1 amide bonds. The molecule has 5 heteroatoms. The van der Waals surface area contributed by atoms with Crippen LogP contribution < -0.4 is 5.43 Å². The van der Waals surface area contributed by atoms with Crippen LogP contribution in [-0.4, -0.2) is 54.0 Å². The van der Waals surface area contributed by atoms with Gasteiger partial charge in [-0.2, -0.15) is 0 Å². The van der Waals surface area contributed by atoms with E-state index >= 15 is 0 Å². The number of aromatic amines is 1. The third-order valence-corrected chi connectivity index (χ3v) is 3.54. The first-order chi connectivity index (χ1) is 9.22. The van der Waals surface area contributed by atoms with Gasteiger partial charge in [-0.3, -0.25) is 10.2 Å². The van der Waals surface area contributed by atoms with Gasteiger partial charge in [0, 0.05) is 37.1 Å². The topological polar surface area (TPSA) is 51.4 Å². The first-order valence-electron chi connectivity index (χ1n) is 6.54. The van der Waals surface area contributed by atoms with Crippen molar-refractivity contribution in [1.29, 1.82) is 0 Å². The molecule has 1 aromatic heterocycles. The summed E-state index contributed by atoms with van der Waals surface area (Å²) in [6.45, 7) is 3.69. The molecule has 1 fully saturated rings. The number of hydrazine groups is 1. The van der Waals surface area contributed by atoms with E-state index in [1.165, 1.54) is 0 Å². The molecule has 1 aliphatic heterocycles. The van der Waals surface area contributed by atoms with Gasteiger partial charge in [-0.25, -0.2) is 5.01 Å². The van der Waals surface area contributed by atoms with Crippen LogP contribution in [-0.2, 0) is 0 Å². The summed E-state index contributed by atoms with van der Waals surface area (Å²) in [6, 6.07) is 9.79. The fourth-order valence-corrected chi connectivity index (χ4v) is 2.32. The molecule has 0 bridgehead atoms. The first kappa shape index (κ1) is 12.2. The molecule has 0 aliphatic carbocycles. The van der Waals surface area contributed by atoms with Gasteiger partial charge in [0.1, 0.15) is 5.69 Å². The number of hydrogen-bond donors (Lipinski definition) is 2. The largest absolute Gasteiger partial charge is 0.350 e. The molecule has 0 spiro atoms. The quantitative estimate of drug-likeness (QED) is 0.847. The van der Waals surface area contributed by atoms with E-state index in [-0.39, 0.29) is 5.91 Å². The Labute approximate surface area is 112 Å². The van der Waals surface area contributed by atoms with Crippen LogP contribution >= 0.6 is 0 Å². The van der Waals surface area contributed by atoms with Crippen molar-refractivity contribution in [2.45, 2.75) is 0 Å². The zero-order valence-corrected chi connectivity index (χ0v) is 11.0. The van der Waals surface area contributed by atoms with Crippen LogP contribution in [0.1, 0.15) is 10.5 Å². The van der Waals surface area contributed by atoms with E-state index in [4.69, 9.17) is 0 Å². The van der Waals surface area contributed by atoms with Gasteiger partial charge in [-0.15, -0.1) is 0 Å². The van der Waals surface area contributed by atoms with E-state index in [1.54, 1.807) is 0 Å². The third-order valence-electron chi connectivity index (χ3n) is 3.54. The molecule has 100 valence electrons. The monoisotopic (exact) mass is 258 g/mol. The van der Waals surface area contributed by atoms with Gasteiger partial charge in [-0.1, -0.05) is 18.2 Å². The molecule has 0 atom stereocenters. The standard InChI is InChI=1S/C14H18N4O/c1-17-6-8-18(9-7-17)16-14(19)13-10-11-4-2-3-5-12(11)15-13/h2-5,10,15H,6-9H2,1H3,(H,16,19). The molecular weight excluding hydrogens is 240 g/mol. The Bertz CT molecular complexity index is 551. The number of nitrogens with one attached hydrogen (secondary N) is 2. The van der Waals surface area contributed by atoms with E-state index in [0.29, 0.717) is 5.69 Å². The molecule has 2 aromatic rings. The van der Waals surface area contributed by atoms with Crippen molar-refractivity contribution in [3.63, 3.8) is 0 Å². The highest BCUT2D eigenvalue weighted by molar-refractivity contribution is 5.97. The molecule has 19 heavy (non-hydrogen) atoms. The van der Waals surface area contributed by atoms with Gasteiger partial charge in [0.05, 0.1) is 0 Å². The Hall–Kier alpha value is -1.85. The second kappa shape index (κ2) is 5.03. The van der Waals surface area contributed by atoms with Crippen molar-refractivity contribution < 1.29 is 4.79 Å². The van der Waals surface area contributed by atoms with Gasteiger partial charge in [0.15, 0.2) is 0 Å². The first-order valence-corrected chi connectivity index (χ1v) is 6.54. The summed E-state index contributed by atoms with van der Waals surface area (Å²) in [5, 5.41) is 3.04. The van der Waals surface area contributed by atoms with E-state index in [2.05, 4.69) is 22.4 Å². The van der Waals surface area contributed by atoms with Gasteiger partial charge in [-0.05, 0) is 19.2 Å². The van der Waals surface area contributed by atoms with E-state index in [9.17, 15) is 4.79 Å². The van der Waals surface area contributed by atoms with Crippen molar-refractivity contribution in [1.82, 2.24) is 20.3 Å². The van der Waals surface area contributed by atoms with Crippen LogP contribution in [0, 0.1) is 0 Å². The number of carbonyl (C=O) groups excluding carboxylic acids is 1. The Morgan fingerprint density at radius 2 is 1.95 bits per heavy atom. The number of aromatic nitrogens is 1. The Balaban J connectivity index is 1.70. The highest BCUT2D eigenvalue weighted by Crippen LogP contribution is 2.14. The molecule has 3 rings (SSSR count). The molecule has 0 unspecified atom stereocenters. The molecular formula is C14H18N4O. The lowest BCUT2D eigenvalue weighted by Gasteiger charge is -2.32. The number of amides is 1. The Morgan fingerprint density at radius 1 is 1.21 bits per heavy atom. The minimum Gasteiger partial charge on any atom is -0.350 e. The molecule has 2 N–H and O–H groups in total. The second-order valence-electron chi connectivity index (χ2n) is 5.00. The van der Waals surface area contributed by atoms with Crippen molar-refractivity contribution >= 4 is 16.8 Å². The summed E-state index contributed by atoms with van der Waals surface area (Å²) < 4.78 is 0. The number of carbonyl (C=O) groups is 1. The fraction of sp³-hybridized carbons (Fsp3) is 0.357. The van der Waals surface area contributed by atoms with Gasteiger partial charge in [0.2, 0.25) is 0 Å². The van der Waals surface area contributed by atoms with Crippen LogP contribution in [0.4, 0.5) is 0 Å². The van der Waals surface area contributed by atoms with Crippen molar-refractivity contribution in [2.75, 3.05) is 33.2 Å². The number of hydrogen-bond acceptors (Lipinski definition) is 3. The minimum absolute atomic E-state index is 0.0687. The molecule has 1 aliphatic rings. The van der Waals surface area contributed by atoms with Gasteiger partial charge in [0.25, 0.3) is 5.91 Å². The molecule has 5 nitrogen and oxygen atoms in total. The van der Waals surface area contributed by atoms with Crippen LogP contribution in [0.15, 0.2) is 30.3 Å². The summed E-state index contributed by atoms with van der Waals surface area (Å²) in [6.07, 6.45) is 0. The number of H-pyrrole nitrogens is 1. The predicted molar refractivity (Wildman–Crippen MR) is 74.8 cm³/mol. The molecule has 0 saturated carbocycles. The van der Waals surface area contributed by atoms with E-state index < -0.39 is 0 Å². The average Bonchev–Trinajstić information content (AvgIpc) is 2.85. The highest BCUT2D eigenvalue weighted by Gasteiger charge is 2.17. The van der Waals surface area contributed by atoms with Crippen LogP contribution in [0.25, 0.3) is 10.9 Å². The maximum atomic E-state index is 12.2. The number of rotatable bonds is 2. The van der Waals surface area contributed by atoms with Crippen molar-refractivity contribution in [3.05, 3.63) is 36.0 Å². The van der Waals surface area contributed by atoms with Crippen molar-refractivity contribution in [2.24, 2.45) is 0 Å². The second-order valence-corrected chi connectivity index (χ2v) is 5.00. The smallest absolute Gasteiger partial charge is 0.282 e. The molecule has 1 saturated heterocycles. The molecule has 2 heterocycles. The average molecular weight is 258 g/mol. The number of benzene rings is 1. The SMILES string of the molecule is CN1CCN(NC(=O)c2cc3ccccc3[nH]2)CC1. The summed E-state index contributed by atoms with van der Waals surface area (Å²) in [4.78, 5) is 17.6. The number of nitrogens with zero attached hydrogens (tertiary/aromatic N) is 2. The summed E-state index contributed by atoms with van der Waals surface area (Å²) >= 11 is 0.